The first kappa shape index (κ1) is 14.3. The van der Waals surface area contributed by atoms with Gasteiger partial charge in [0.2, 0.25) is 0 Å². The minimum atomic E-state index is 0.0566. The smallest absolute Gasteiger partial charge is 0.274 e. The molecule has 2 unspecified atom stereocenters. The normalized spacial score (nSPS) is 24.7. The van der Waals surface area contributed by atoms with Crippen molar-refractivity contribution in [2.45, 2.75) is 51.5 Å². The number of fused-ring (bicyclic) bond motifs is 1. The van der Waals surface area contributed by atoms with Crippen LogP contribution >= 0.6 is 0 Å². The molecule has 1 amide bonds. The number of likely N-dealkylation sites (tertiary alicyclic amines) is 1. The van der Waals surface area contributed by atoms with Crippen LogP contribution in [0.15, 0.2) is 12.4 Å². The zero-order valence-electron chi connectivity index (χ0n) is 12.7. The molecule has 0 bridgehead atoms. The number of carbonyl (C=O) groups excluding carboxylic acids is 1. The summed E-state index contributed by atoms with van der Waals surface area (Å²) in [6.07, 6.45) is 10.4. The summed E-state index contributed by atoms with van der Waals surface area (Å²) in [6.45, 7) is 3.85. The average molecular weight is 288 g/mol. The molecule has 21 heavy (non-hydrogen) atoms. The van der Waals surface area contributed by atoms with E-state index in [1.165, 1.54) is 19.3 Å². The highest BCUT2D eigenvalue weighted by Gasteiger charge is 2.37. The molecule has 114 valence electrons. The van der Waals surface area contributed by atoms with Gasteiger partial charge in [-0.2, -0.15) is 0 Å². The Kier molecular flexibility index (Phi) is 4.36. The molecular weight excluding hydrogens is 264 g/mol. The maximum Gasteiger partial charge on any atom is 0.274 e. The molecule has 0 radical (unpaired) electrons. The molecule has 0 aromatic carbocycles. The number of anilines is 1. The molecule has 1 aromatic heterocycles. The monoisotopic (exact) mass is 288 g/mol. The van der Waals surface area contributed by atoms with E-state index < -0.39 is 0 Å². The number of carbonyl (C=O) groups is 1. The molecule has 2 atom stereocenters. The van der Waals surface area contributed by atoms with E-state index in [1.807, 2.05) is 4.90 Å². The second-order valence-corrected chi connectivity index (χ2v) is 6.11. The second kappa shape index (κ2) is 6.41. The van der Waals surface area contributed by atoms with E-state index in [2.05, 4.69) is 22.2 Å². The van der Waals surface area contributed by atoms with Gasteiger partial charge < -0.3 is 10.2 Å². The summed E-state index contributed by atoms with van der Waals surface area (Å²) in [5.41, 5.74) is 0.476. The Hall–Kier alpha value is -1.65. The number of nitrogens with zero attached hydrogens (tertiary/aromatic N) is 3. The maximum atomic E-state index is 12.7. The zero-order valence-corrected chi connectivity index (χ0v) is 12.7. The lowest BCUT2D eigenvalue weighted by molar-refractivity contribution is 0.0542. The Balaban J connectivity index is 1.69. The minimum absolute atomic E-state index is 0.0566. The third-order valence-electron chi connectivity index (χ3n) is 4.68. The van der Waals surface area contributed by atoms with Crippen molar-refractivity contribution in [3.05, 3.63) is 18.1 Å². The number of hydrogen-bond acceptors (Lipinski definition) is 4. The molecule has 1 saturated heterocycles. The van der Waals surface area contributed by atoms with E-state index in [0.717, 1.165) is 38.2 Å². The van der Waals surface area contributed by atoms with Gasteiger partial charge in [-0.15, -0.1) is 0 Å². The third kappa shape index (κ3) is 3.01. The Labute approximate surface area is 126 Å². The van der Waals surface area contributed by atoms with E-state index in [4.69, 9.17) is 0 Å². The van der Waals surface area contributed by atoms with Crippen LogP contribution in [-0.4, -0.2) is 39.9 Å². The molecule has 5 heteroatoms. The van der Waals surface area contributed by atoms with Crippen molar-refractivity contribution >= 4 is 11.7 Å². The molecule has 1 saturated carbocycles. The van der Waals surface area contributed by atoms with E-state index >= 15 is 0 Å². The lowest BCUT2D eigenvalue weighted by Crippen LogP contribution is -2.46. The van der Waals surface area contributed by atoms with Gasteiger partial charge >= 0.3 is 0 Å². The fraction of sp³-hybridized carbons (Fsp3) is 0.688. The third-order valence-corrected chi connectivity index (χ3v) is 4.68. The van der Waals surface area contributed by atoms with Crippen LogP contribution in [0, 0.1) is 5.92 Å². The summed E-state index contributed by atoms with van der Waals surface area (Å²) in [5, 5.41) is 3.18. The van der Waals surface area contributed by atoms with Crippen molar-refractivity contribution in [2.75, 3.05) is 18.4 Å². The standard InChI is InChI=1S/C16H24N4O/c1-2-8-17-15-11-18-13(10-19-15)16(21)20-9-4-6-12-5-3-7-14(12)20/h10-12,14H,2-9H2,1H3,(H,17,19). The summed E-state index contributed by atoms with van der Waals surface area (Å²) in [4.78, 5) is 23.3. The van der Waals surface area contributed by atoms with Crippen molar-refractivity contribution in [3.8, 4) is 0 Å². The molecule has 1 aliphatic heterocycles. The van der Waals surface area contributed by atoms with Crippen molar-refractivity contribution in [3.63, 3.8) is 0 Å². The lowest BCUT2D eigenvalue weighted by atomic mass is 9.92. The largest absolute Gasteiger partial charge is 0.369 e. The molecule has 1 aromatic rings. The predicted octanol–water partition coefficient (Wildman–Crippen LogP) is 2.70. The van der Waals surface area contributed by atoms with E-state index in [0.29, 0.717) is 17.7 Å². The Morgan fingerprint density at radius 1 is 1.29 bits per heavy atom. The highest BCUT2D eigenvalue weighted by Crippen LogP contribution is 2.37. The van der Waals surface area contributed by atoms with Gasteiger partial charge in [-0.25, -0.2) is 9.97 Å². The average Bonchev–Trinajstić information content (AvgIpc) is 3.01. The lowest BCUT2D eigenvalue weighted by Gasteiger charge is -2.37. The van der Waals surface area contributed by atoms with E-state index in [1.54, 1.807) is 12.4 Å². The number of piperidine rings is 1. The van der Waals surface area contributed by atoms with Gasteiger partial charge in [0.15, 0.2) is 0 Å². The fourth-order valence-electron chi connectivity index (χ4n) is 3.64. The van der Waals surface area contributed by atoms with Gasteiger partial charge in [0, 0.05) is 19.1 Å². The zero-order chi connectivity index (χ0) is 14.7. The SMILES string of the molecule is CCCNc1cnc(C(=O)N2CCCC3CCCC32)cn1. The van der Waals surface area contributed by atoms with Crippen LogP contribution in [-0.2, 0) is 0 Å². The first-order valence-corrected chi connectivity index (χ1v) is 8.16. The van der Waals surface area contributed by atoms with Crippen LogP contribution in [0.2, 0.25) is 0 Å². The topological polar surface area (TPSA) is 58.1 Å². The number of amides is 1. The predicted molar refractivity (Wildman–Crippen MR) is 82.2 cm³/mol. The first-order chi connectivity index (χ1) is 10.3. The molecule has 2 heterocycles. The van der Waals surface area contributed by atoms with Crippen LogP contribution in [0.4, 0.5) is 5.82 Å². The van der Waals surface area contributed by atoms with Crippen LogP contribution in [0.25, 0.3) is 0 Å². The Bertz CT molecular complexity index is 488. The minimum Gasteiger partial charge on any atom is -0.369 e. The number of nitrogens with one attached hydrogen (secondary N) is 1. The molecule has 0 spiro atoms. The van der Waals surface area contributed by atoms with Gasteiger partial charge in [0.05, 0.1) is 12.4 Å². The van der Waals surface area contributed by atoms with Crippen LogP contribution in [0.5, 0.6) is 0 Å². The van der Waals surface area contributed by atoms with Gasteiger partial charge in [-0.1, -0.05) is 13.3 Å². The van der Waals surface area contributed by atoms with Crippen molar-refractivity contribution in [1.82, 2.24) is 14.9 Å². The maximum absolute atomic E-state index is 12.7. The van der Waals surface area contributed by atoms with Crippen LogP contribution in [0.3, 0.4) is 0 Å². The summed E-state index contributed by atoms with van der Waals surface area (Å²) in [6, 6.07) is 0.436. The van der Waals surface area contributed by atoms with Crippen LogP contribution < -0.4 is 5.32 Å². The van der Waals surface area contributed by atoms with Crippen molar-refractivity contribution < 1.29 is 4.79 Å². The molecular formula is C16H24N4O. The van der Waals surface area contributed by atoms with Crippen LogP contribution in [0.1, 0.15) is 55.9 Å². The van der Waals surface area contributed by atoms with Crippen molar-refractivity contribution in [1.29, 1.82) is 0 Å². The number of hydrogen-bond donors (Lipinski definition) is 1. The van der Waals surface area contributed by atoms with E-state index in [9.17, 15) is 4.79 Å². The molecule has 3 rings (SSSR count). The van der Waals surface area contributed by atoms with Gasteiger partial charge in [-0.05, 0) is 38.0 Å². The van der Waals surface area contributed by atoms with Gasteiger partial charge in [0.1, 0.15) is 11.5 Å². The fourth-order valence-corrected chi connectivity index (χ4v) is 3.64. The summed E-state index contributed by atoms with van der Waals surface area (Å²) in [7, 11) is 0. The molecule has 2 fully saturated rings. The Morgan fingerprint density at radius 2 is 2.14 bits per heavy atom. The van der Waals surface area contributed by atoms with Crippen molar-refractivity contribution in [2.24, 2.45) is 5.92 Å². The number of rotatable bonds is 4. The number of aromatic nitrogens is 2. The molecule has 5 nitrogen and oxygen atoms in total. The summed E-state index contributed by atoms with van der Waals surface area (Å²) in [5.74, 6) is 1.51. The Morgan fingerprint density at radius 3 is 2.90 bits per heavy atom. The van der Waals surface area contributed by atoms with Gasteiger partial charge in [0.25, 0.3) is 5.91 Å². The first-order valence-electron chi connectivity index (χ1n) is 8.16. The highest BCUT2D eigenvalue weighted by molar-refractivity contribution is 5.92. The molecule has 2 aliphatic rings. The highest BCUT2D eigenvalue weighted by atomic mass is 16.2. The molecule has 1 aliphatic carbocycles. The molecule has 1 N–H and O–H groups in total. The van der Waals surface area contributed by atoms with Gasteiger partial charge in [-0.3, -0.25) is 4.79 Å². The summed E-state index contributed by atoms with van der Waals surface area (Å²) >= 11 is 0. The quantitative estimate of drug-likeness (QED) is 0.925. The van der Waals surface area contributed by atoms with E-state index in [-0.39, 0.29) is 5.91 Å². The second-order valence-electron chi connectivity index (χ2n) is 6.11. The summed E-state index contributed by atoms with van der Waals surface area (Å²) < 4.78 is 0.